The molecule has 0 aromatic carbocycles. The van der Waals surface area contributed by atoms with Crippen molar-refractivity contribution >= 4 is 0 Å². The lowest BCUT2D eigenvalue weighted by atomic mass is 9.83. The molecular weight excluding hydrogens is 174 g/mol. The fraction of sp³-hybridized carbons (Fsp3) is 1.00. The van der Waals surface area contributed by atoms with Gasteiger partial charge >= 0.3 is 0 Å². The Labute approximate surface area is 88.0 Å². The van der Waals surface area contributed by atoms with Crippen LogP contribution >= 0.6 is 0 Å². The van der Waals surface area contributed by atoms with Crippen LogP contribution in [0.1, 0.15) is 41.5 Å². The summed E-state index contributed by atoms with van der Waals surface area (Å²) in [6.07, 6.45) is 0.334. The van der Waals surface area contributed by atoms with E-state index in [1.54, 1.807) is 0 Å². The third-order valence-corrected chi connectivity index (χ3v) is 2.83. The molecule has 1 saturated heterocycles. The van der Waals surface area contributed by atoms with E-state index in [-0.39, 0.29) is 5.41 Å². The summed E-state index contributed by atoms with van der Waals surface area (Å²) in [6, 6.07) is 0.521. The van der Waals surface area contributed by atoms with Crippen LogP contribution in [-0.2, 0) is 0 Å². The molecule has 3 nitrogen and oxygen atoms in total. The average molecular weight is 199 g/mol. The van der Waals surface area contributed by atoms with E-state index in [9.17, 15) is 0 Å². The van der Waals surface area contributed by atoms with Gasteiger partial charge < -0.3 is 0 Å². The van der Waals surface area contributed by atoms with Crippen LogP contribution in [0.4, 0.5) is 0 Å². The quantitative estimate of drug-likeness (QED) is 0.553. The summed E-state index contributed by atoms with van der Waals surface area (Å²) in [6.45, 7) is 14.5. The van der Waals surface area contributed by atoms with Gasteiger partial charge in [-0.05, 0) is 10.8 Å². The largest absolute Gasteiger partial charge is 0.296 e. The fourth-order valence-electron chi connectivity index (χ4n) is 1.59. The van der Waals surface area contributed by atoms with Gasteiger partial charge in [-0.25, -0.2) is 5.43 Å². The lowest BCUT2D eigenvalue weighted by Gasteiger charge is -2.44. The molecule has 1 rings (SSSR count). The molecule has 0 aliphatic carbocycles. The first-order valence-electron chi connectivity index (χ1n) is 5.46. The molecule has 1 heterocycles. The molecule has 0 bridgehead atoms. The van der Waals surface area contributed by atoms with E-state index in [1.807, 2.05) is 0 Å². The highest BCUT2D eigenvalue weighted by molar-refractivity contribution is 4.91. The van der Waals surface area contributed by atoms with Crippen LogP contribution in [0.2, 0.25) is 0 Å². The lowest BCUT2D eigenvalue weighted by molar-refractivity contribution is 0.103. The molecule has 1 fully saturated rings. The molecule has 0 saturated carbocycles. The van der Waals surface area contributed by atoms with Gasteiger partial charge in [0, 0.05) is 12.6 Å². The zero-order valence-corrected chi connectivity index (χ0v) is 10.4. The van der Waals surface area contributed by atoms with Crippen LogP contribution in [0, 0.1) is 10.8 Å². The van der Waals surface area contributed by atoms with Crippen LogP contribution in [0.3, 0.4) is 0 Å². The fourth-order valence-corrected chi connectivity index (χ4v) is 1.59. The number of nitrogens with one attached hydrogen (secondary N) is 3. The molecule has 0 amide bonds. The van der Waals surface area contributed by atoms with Crippen molar-refractivity contribution in [3.05, 3.63) is 0 Å². The van der Waals surface area contributed by atoms with Gasteiger partial charge in [-0.15, -0.1) is 0 Å². The normalized spacial score (nSPS) is 30.4. The molecule has 14 heavy (non-hydrogen) atoms. The summed E-state index contributed by atoms with van der Waals surface area (Å²) in [4.78, 5) is 0. The second kappa shape index (κ2) is 3.80. The maximum atomic E-state index is 3.66. The second-order valence-corrected chi connectivity index (χ2v) is 6.41. The van der Waals surface area contributed by atoms with Crippen molar-refractivity contribution in [1.82, 2.24) is 16.2 Å². The van der Waals surface area contributed by atoms with Gasteiger partial charge in [-0.1, -0.05) is 41.5 Å². The number of hydrazine groups is 1. The Morgan fingerprint density at radius 1 is 0.929 bits per heavy atom. The van der Waals surface area contributed by atoms with Gasteiger partial charge in [-0.2, -0.15) is 0 Å². The standard InChI is InChI=1S/C11H25N3/c1-10(2,3)8-7-12-14-9(13-8)11(4,5)6/h8-9,12-14H,7H2,1-6H3. The van der Waals surface area contributed by atoms with Gasteiger partial charge in [0.2, 0.25) is 0 Å². The van der Waals surface area contributed by atoms with Crippen molar-refractivity contribution < 1.29 is 0 Å². The highest BCUT2D eigenvalue weighted by Crippen LogP contribution is 2.24. The zero-order valence-electron chi connectivity index (χ0n) is 10.4. The monoisotopic (exact) mass is 199 g/mol. The molecule has 2 unspecified atom stereocenters. The molecule has 3 heteroatoms. The maximum Gasteiger partial charge on any atom is 0.0755 e. The van der Waals surface area contributed by atoms with Gasteiger partial charge in [0.05, 0.1) is 6.17 Å². The Kier molecular flexibility index (Phi) is 3.24. The van der Waals surface area contributed by atoms with Crippen LogP contribution in [0.25, 0.3) is 0 Å². The van der Waals surface area contributed by atoms with E-state index >= 15 is 0 Å². The van der Waals surface area contributed by atoms with E-state index in [0.29, 0.717) is 17.6 Å². The number of hydrogen-bond donors (Lipinski definition) is 3. The van der Waals surface area contributed by atoms with Crippen LogP contribution in [0.15, 0.2) is 0 Å². The smallest absolute Gasteiger partial charge is 0.0755 e. The first kappa shape index (κ1) is 12.0. The SMILES string of the molecule is CC(C)(C)C1CNNC(C(C)(C)C)N1. The van der Waals surface area contributed by atoms with E-state index in [0.717, 1.165) is 6.54 Å². The van der Waals surface area contributed by atoms with Gasteiger partial charge in [0.1, 0.15) is 0 Å². The van der Waals surface area contributed by atoms with Crippen LogP contribution in [-0.4, -0.2) is 18.8 Å². The zero-order chi connectivity index (χ0) is 11.0. The van der Waals surface area contributed by atoms with Crippen molar-refractivity contribution in [2.75, 3.05) is 6.54 Å². The first-order chi connectivity index (χ1) is 6.21. The minimum absolute atomic E-state index is 0.233. The minimum Gasteiger partial charge on any atom is -0.296 e. The Bertz CT molecular complexity index is 168. The molecule has 0 aromatic rings. The Hall–Kier alpha value is -0.120. The van der Waals surface area contributed by atoms with Crippen LogP contribution < -0.4 is 16.2 Å². The molecular formula is C11H25N3. The van der Waals surface area contributed by atoms with E-state index in [4.69, 9.17) is 0 Å². The molecule has 84 valence electrons. The predicted molar refractivity (Wildman–Crippen MR) is 60.8 cm³/mol. The van der Waals surface area contributed by atoms with Crippen molar-refractivity contribution in [3.63, 3.8) is 0 Å². The number of rotatable bonds is 0. The Balaban J connectivity index is 2.61. The average Bonchev–Trinajstić information content (AvgIpc) is 2.01. The maximum absolute atomic E-state index is 3.66. The van der Waals surface area contributed by atoms with E-state index < -0.39 is 0 Å². The van der Waals surface area contributed by atoms with Crippen molar-refractivity contribution in [3.8, 4) is 0 Å². The Morgan fingerprint density at radius 3 is 1.93 bits per heavy atom. The molecule has 1 aliphatic heterocycles. The summed E-state index contributed by atoms with van der Waals surface area (Å²) in [5.41, 5.74) is 7.12. The highest BCUT2D eigenvalue weighted by Gasteiger charge is 2.34. The molecule has 3 N–H and O–H groups in total. The molecule has 1 aliphatic rings. The summed E-state index contributed by atoms with van der Waals surface area (Å²) in [7, 11) is 0. The van der Waals surface area contributed by atoms with Crippen LogP contribution in [0.5, 0.6) is 0 Å². The molecule has 0 radical (unpaired) electrons. The first-order valence-corrected chi connectivity index (χ1v) is 5.46. The van der Waals surface area contributed by atoms with Gasteiger partial charge in [-0.3, -0.25) is 10.7 Å². The second-order valence-electron chi connectivity index (χ2n) is 6.41. The van der Waals surface area contributed by atoms with Crippen molar-refractivity contribution in [2.24, 2.45) is 10.8 Å². The summed E-state index contributed by atoms with van der Waals surface area (Å²) >= 11 is 0. The van der Waals surface area contributed by atoms with Gasteiger partial charge in [0.15, 0.2) is 0 Å². The minimum atomic E-state index is 0.233. The Morgan fingerprint density at radius 2 is 1.50 bits per heavy atom. The summed E-state index contributed by atoms with van der Waals surface area (Å²) in [5.74, 6) is 0. The van der Waals surface area contributed by atoms with Gasteiger partial charge in [0.25, 0.3) is 0 Å². The summed E-state index contributed by atoms with van der Waals surface area (Å²) in [5, 5.41) is 3.66. The summed E-state index contributed by atoms with van der Waals surface area (Å²) < 4.78 is 0. The molecule has 0 spiro atoms. The van der Waals surface area contributed by atoms with E-state index in [2.05, 4.69) is 57.7 Å². The van der Waals surface area contributed by atoms with Crippen molar-refractivity contribution in [2.45, 2.75) is 53.8 Å². The third kappa shape index (κ3) is 2.94. The topological polar surface area (TPSA) is 36.1 Å². The highest BCUT2D eigenvalue weighted by atomic mass is 15.5. The van der Waals surface area contributed by atoms with E-state index in [1.165, 1.54) is 0 Å². The predicted octanol–water partition coefficient (Wildman–Crippen LogP) is 1.47. The molecule has 2 atom stereocenters. The van der Waals surface area contributed by atoms with Crippen molar-refractivity contribution in [1.29, 1.82) is 0 Å². The number of hydrogen-bond acceptors (Lipinski definition) is 3. The molecule has 0 aromatic heterocycles. The lowest BCUT2D eigenvalue weighted by Crippen LogP contribution is -2.68. The third-order valence-electron chi connectivity index (χ3n) is 2.83.